The highest BCUT2D eigenvalue weighted by Gasteiger charge is 2.56. The minimum atomic E-state index is -1.67. The Kier molecular flexibility index (Phi) is 10.7. The molecule has 2 unspecified atom stereocenters. The van der Waals surface area contributed by atoms with Crippen molar-refractivity contribution in [2.24, 2.45) is 0 Å². The van der Waals surface area contributed by atoms with Crippen LogP contribution in [0.2, 0.25) is 0 Å². The maximum absolute atomic E-state index is 12.8. The number of cyclic esters (lactones) is 2. The van der Waals surface area contributed by atoms with E-state index in [-0.39, 0.29) is 36.8 Å². The van der Waals surface area contributed by atoms with Gasteiger partial charge in [-0.25, -0.2) is 28.8 Å². The van der Waals surface area contributed by atoms with E-state index >= 15 is 0 Å². The number of carbonyl (C=O) groups is 6. The Morgan fingerprint density at radius 3 is 1.25 bits per heavy atom. The standard InChI is InChI=1S/C37H38O16/c1-5-17-35(4)48-28(40)23(29(41)49-35)14-10-8-12-16-25-32(44)52-37(53-33(25)45)20-18-36(19-21-37)50-30(42)24(31(43)51-36)15-11-7-9-13-22-26(38)46-34(3,6-2)47-27(22)39/h7-16,38,40H,5-6,17-21H2,1-4H3/b11-7?,12-8+,13-9?,14-10+,24-15?,25-16?. The Balaban J connectivity index is 1.14. The molecule has 0 aromatic carbocycles. The minimum absolute atomic E-state index is 0.138. The second-order valence-electron chi connectivity index (χ2n) is 12.8. The van der Waals surface area contributed by atoms with Gasteiger partial charge in [-0.15, -0.1) is 0 Å². The van der Waals surface area contributed by atoms with Crippen molar-refractivity contribution in [3.05, 3.63) is 94.9 Å². The Morgan fingerprint density at radius 1 is 0.509 bits per heavy atom. The summed E-state index contributed by atoms with van der Waals surface area (Å²) in [7, 11) is 0. The van der Waals surface area contributed by atoms with E-state index < -0.39 is 82.0 Å². The number of hydrogen-bond acceptors (Lipinski definition) is 16. The number of aliphatic hydroxyl groups excluding tert-OH is 2. The van der Waals surface area contributed by atoms with Crippen molar-refractivity contribution in [2.45, 2.75) is 95.8 Å². The van der Waals surface area contributed by atoms with Gasteiger partial charge in [0.15, 0.2) is 0 Å². The summed E-state index contributed by atoms with van der Waals surface area (Å²) < 4.78 is 43.0. The molecule has 5 aliphatic rings. The molecule has 1 saturated carbocycles. The lowest BCUT2D eigenvalue weighted by atomic mass is 9.87. The summed E-state index contributed by atoms with van der Waals surface area (Å²) in [6, 6.07) is 0. The molecule has 5 rings (SSSR count). The monoisotopic (exact) mass is 738 g/mol. The normalized spacial score (nSPS) is 30.8. The highest BCUT2D eigenvalue weighted by Crippen LogP contribution is 2.45. The highest BCUT2D eigenvalue weighted by molar-refractivity contribution is 6.16. The van der Waals surface area contributed by atoms with Crippen molar-refractivity contribution < 1.29 is 76.9 Å². The Hall–Kier alpha value is -6.06. The third-order valence-electron chi connectivity index (χ3n) is 8.75. The molecule has 0 aromatic rings. The number of carbonyl (C=O) groups excluding carboxylic acids is 6. The van der Waals surface area contributed by atoms with Crippen molar-refractivity contribution in [2.75, 3.05) is 0 Å². The van der Waals surface area contributed by atoms with Crippen LogP contribution < -0.4 is 0 Å². The molecule has 282 valence electrons. The van der Waals surface area contributed by atoms with Crippen molar-refractivity contribution >= 4 is 35.8 Å². The summed E-state index contributed by atoms with van der Waals surface area (Å²) in [5.41, 5.74) is -1.26. The molecule has 16 nitrogen and oxygen atoms in total. The minimum Gasteiger partial charge on any atom is -0.480 e. The first kappa shape index (κ1) is 38.2. The van der Waals surface area contributed by atoms with E-state index in [9.17, 15) is 39.0 Å². The summed E-state index contributed by atoms with van der Waals surface area (Å²) in [6.45, 7) is 6.64. The molecule has 2 spiro atoms. The average Bonchev–Trinajstić information content (AvgIpc) is 3.06. The number of rotatable bonds is 9. The molecule has 0 amide bonds. The van der Waals surface area contributed by atoms with Crippen LogP contribution in [0.15, 0.2) is 94.9 Å². The fraction of sp³-hybridized carbons (Fsp3) is 0.405. The third-order valence-corrected chi connectivity index (χ3v) is 8.75. The van der Waals surface area contributed by atoms with Crippen LogP contribution in [0, 0.1) is 0 Å². The third kappa shape index (κ3) is 8.37. The predicted molar refractivity (Wildman–Crippen MR) is 177 cm³/mol. The Bertz CT molecular complexity index is 1800. The largest absolute Gasteiger partial charge is 0.480 e. The molecule has 16 heteroatoms. The molecule has 3 fully saturated rings. The summed E-state index contributed by atoms with van der Waals surface area (Å²) >= 11 is 0. The van der Waals surface area contributed by atoms with E-state index in [0.717, 1.165) is 12.2 Å². The van der Waals surface area contributed by atoms with Crippen molar-refractivity contribution in [1.29, 1.82) is 0 Å². The smallest absolute Gasteiger partial charge is 0.348 e. The van der Waals surface area contributed by atoms with Crippen LogP contribution in [0.25, 0.3) is 0 Å². The van der Waals surface area contributed by atoms with Gasteiger partial charge in [0, 0.05) is 52.4 Å². The fourth-order valence-electron chi connectivity index (χ4n) is 5.75. The van der Waals surface area contributed by atoms with Gasteiger partial charge in [-0.2, -0.15) is 0 Å². The van der Waals surface area contributed by atoms with Gasteiger partial charge < -0.3 is 48.1 Å². The number of ether oxygens (including phenoxy) is 8. The molecule has 0 aromatic heterocycles. The van der Waals surface area contributed by atoms with Gasteiger partial charge in [-0.05, 0) is 30.7 Å². The maximum Gasteiger partial charge on any atom is 0.348 e. The number of allylic oxidation sites excluding steroid dienone is 8. The van der Waals surface area contributed by atoms with Gasteiger partial charge in [0.1, 0.15) is 22.3 Å². The second-order valence-corrected chi connectivity index (χ2v) is 12.8. The second kappa shape index (κ2) is 14.9. The zero-order valence-corrected chi connectivity index (χ0v) is 29.3. The Morgan fingerprint density at radius 2 is 0.887 bits per heavy atom. The lowest BCUT2D eigenvalue weighted by molar-refractivity contribution is -0.291. The zero-order valence-electron chi connectivity index (χ0n) is 29.3. The zero-order chi connectivity index (χ0) is 38.6. The summed E-state index contributed by atoms with van der Waals surface area (Å²) in [5, 5.41) is 20.2. The van der Waals surface area contributed by atoms with E-state index in [1.807, 2.05) is 6.92 Å². The van der Waals surface area contributed by atoms with Crippen molar-refractivity contribution in [1.82, 2.24) is 0 Å². The highest BCUT2D eigenvalue weighted by atomic mass is 16.8. The van der Waals surface area contributed by atoms with E-state index in [0.29, 0.717) is 19.3 Å². The first-order valence-electron chi connectivity index (χ1n) is 16.8. The quantitative estimate of drug-likeness (QED) is 0.109. The van der Waals surface area contributed by atoms with Gasteiger partial charge in [-0.1, -0.05) is 50.3 Å². The molecule has 2 atom stereocenters. The van der Waals surface area contributed by atoms with Crippen molar-refractivity contribution in [3.63, 3.8) is 0 Å². The summed E-state index contributed by atoms with van der Waals surface area (Å²) in [5.74, 6) is -12.5. The SMILES string of the molecule is CCCC1(C)OC(=O)C(/C=C/C=C/C=C2C(=O)OC3(CCC4(CC3)OC(=O)C(=CC=CC=CC3=C(O)OC(C)(CC)OC3=O)C(=O)O4)OC2=O)=C(O)O1. The van der Waals surface area contributed by atoms with E-state index in [2.05, 4.69) is 0 Å². The lowest BCUT2D eigenvalue weighted by Gasteiger charge is -2.45. The molecule has 2 saturated heterocycles. The summed E-state index contributed by atoms with van der Waals surface area (Å²) in [4.78, 5) is 75.8. The summed E-state index contributed by atoms with van der Waals surface area (Å²) in [6.07, 6.45) is 13.7. The van der Waals surface area contributed by atoms with Crippen LogP contribution in [0.3, 0.4) is 0 Å². The first-order chi connectivity index (χ1) is 25.0. The van der Waals surface area contributed by atoms with Crippen LogP contribution in [-0.4, -0.2) is 69.2 Å². The van der Waals surface area contributed by atoms with Gasteiger partial charge in [0.2, 0.25) is 0 Å². The van der Waals surface area contributed by atoms with Gasteiger partial charge >= 0.3 is 35.8 Å². The van der Waals surface area contributed by atoms with Gasteiger partial charge in [0.25, 0.3) is 35.0 Å². The molecule has 53 heavy (non-hydrogen) atoms. The van der Waals surface area contributed by atoms with Crippen LogP contribution in [0.1, 0.15) is 72.6 Å². The molecule has 4 heterocycles. The van der Waals surface area contributed by atoms with E-state index in [1.54, 1.807) is 6.92 Å². The van der Waals surface area contributed by atoms with Gasteiger partial charge in [-0.3, -0.25) is 0 Å². The lowest BCUT2D eigenvalue weighted by Crippen LogP contribution is -2.56. The van der Waals surface area contributed by atoms with Crippen LogP contribution >= 0.6 is 0 Å². The van der Waals surface area contributed by atoms with Crippen molar-refractivity contribution in [3.8, 4) is 0 Å². The molecule has 1 aliphatic carbocycles. The first-order valence-corrected chi connectivity index (χ1v) is 16.8. The number of hydrogen-bond donors (Lipinski definition) is 2. The topological polar surface area (TPSA) is 217 Å². The van der Waals surface area contributed by atoms with E-state index in [1.165, 1.54) is 62.5 Å². The van der Waals surface area contributed by atoms with Crippen LogP contribution in [-0.2, 0) is 66.7 Å². The molecule has 2 N–H and O–H groups in total. The number of aliphatic hydroxyl groups is 2. The average molecular weight is 739 g/mol. The predicted octanol–water partition coefficient (Wildman–Crippen LogP) is 4.56. The van der Waals surface area contributed by atoms with E-state index in [4.69, 9.17) is 37.9 Å². The van der Waals surface area contributed by atoms with Crippen LogP contribution in [0.4, 0.5) is 0 Å². The van der Waals surface area contributed by atoms with Gasteiger partial charge in [0.05, 0.1) is 0 Å². The fourth-order valence-corrected chi connectivity index (χ4v) is 5.75. The molecular formula is C37H38O16. The molecule has 4 aliphatic heterocycles. The molecule has 0 bridgehead atoms. The van der Waals surface area contributed by atoms with Crippen LogP contribution in [0.5, 0.6) is 0 Å². The number of esters is 6. The molecular weight excluding hydrogens is 700 g/mol. The molecule has 0 radical (unpaired) electrons. The Labute approximate surface area is 303 Å². The maximum atomic E-state index is 12.8.